The Balaban J connectivity index is 2.19. The molecule has 0 spiro atoms. The molecule has 2 saturated heterocycles. The Kier molecular flexibility index (Phi) is 3.43. The van der Waals surface area contributed by atoms with E-state index in [1.165, 1.54) is 0 Å². The summed E-state index contributed by atoms with van der Waals surface area (Å²) in [6.07, 6.45) is 0.363. The second-order valence-electron chi connectivity index (χ2n) is 5.97. The molecule has 0 aromatic rings. The van der Waals surface area contributed by atoms with Gasteiger partial charge in [0.15, 0.2) is 0 Å². The number of hydrogen-bond acceptors (Lipinski definition) is 5. The molecule has 2 fully saturated rings. The van der Waals surface area contributed by atoms with Crippen LogP contribution in [0, 0.1) is 11.8 Å². The molecule has 0 aromatic heterocycles. The molecule has 19 heavy (non-hydrogen) atoms. The Bertz CT molecular complexity index is 486. The third-order valence-corrected chi connectivity index (χ3v) is 4.54. The van der Waals surface area contributed by atoms with Gasteiger partial charge in [-0.3, -0.25) is 8.98 Å². The maximum atomic E-state index is 12.3. The maximum absolute atomic E-state index is 12.3. The summed E-state index contributed by atoms with van der Waals surface area (Å²) in [6.45, 7) is 7.89. The van der Waals surface area contributed by atoms with Crippen LogP contribution in [0.2, 0.25) is 0 Å². The molecule has 2 rings (SSSR count). The summed E-state index contributed by atoms with van der Waals surface area (Å²) in [4.78, 5) is 14.0. The highest BCUT2D eigenvalue weighted by atomic mass is 32.2. The summed E-state index contributed by atoms with van der Waals surface area (Å²) in [5.74, 6) is -0.341. The first-order valence-corrected chi connectivity index (χ1v) is 8.21. The fraction of sp³-hybridized carbons (Fsp3) is 0.917. The minimum Gasteiger partial charge on any atom is -0.356 e. The van der Waals surface area contributed by atoms with Gasteiger partial charge in [0.05, 0.1) is 30.9 Å². The first-order valence-electron chi connectivity index (χ1n) is 6.40. The van der Waals surface area contributed by atoms with Crippen molar-refractivity contribution in [2.24, 2.45) is 11.8 Å². The van der Waals surface area contributed by atoms with Crippen molar-refractivity contribution in [1.82, 2.24) is 4.90 Å². The number of β-lactam (4-membered cyclic amide) rings is 1. The molecule has 0 aromatic carbocycles. The molecule has 2 aliphatic heterocycles. The predicted molar refractivity (Wildman–Crippen MR) is 68.7 cm³/mol. The summed E-state index contributed by atoms with van der Waals surface area (Å²) >= 11 is 0. The van der Waals surface area contributed by atoms with Crippen LogP contribution in [0.25, 0.3) is 0 Å². The standard InChI is InChI=1S/C12H21NO5S/c1-7-6-17-12(3,4)13-10(7)9(11(13)14)8(2)18-19(5,15)16/h7-10H,6H2,1-5H3/t7?,8?,9-,10?/m0/s1. The number of carbonyl (C=O) groups is 1. The molecule has 2 heterocycles. The van der Waals surface area contributed by atoms with E-state index in [9.17, 15) is 13.2 Å². The Morgan fingerprint density at radius 3 is 2.58 bits per heavy atom. The van der Waals surface area contributed by atoms with Crippen molar-refractivity contribution >= 4 is 16.0 Å². The summed E-state index contributed by atoms with van der Waals surface area (Å²) in [5, 5.41) is 0. The zero-order valence-electron chi connectivity index (χ0n) is 11.9. The lowest BCUT2D eigenvalue weighted by atomic mass is 9.74. The van der Waals surface area contributed by atoms with E-state index in [1.807, 2.05) is 20.8 Å². The highest BCUT2D eigenvalue weighted by molar-refractivity contribution is 7.86. The third-order valence-electron chi connectivity index (χ3n) is 3.88. The van der Waals surface area contributed by atoms with Crippen LogP contribution in [-0.4, -0.2) is 50.0 Å². The topological polar surface area (TPSA) is 72.9 Å². The van der Waals surface area contributed by atoms with Crippen LogP contribution in [-0.2, 0) is 23.8 Å². The van der Waals surface area contributed by atoms with Gasteiger partial charge in [0, 0.05) is 5.92 Å². The lowest BCUT2D eigenvalue weighted by Gasteiger charge is -2.60. The number of rotatable bonds is 3. The van der Waals surface area contributed by atoms with Gasteiger partial charge >= 0.3 is 0 Å². The Hall–Kier alpha value is -0.660. The molecule has 110 valence electrons. The van der Waals surface area contributed by atoms with Gasteiger partial charge < -0.3 is 9.64 Å². The zero-order valence-corrected chi connectivity index (χ0v) is 12.7. The summed E-state index contributed by atoms with van der Waals surface area (Å²) in [6, 6.07) is -0.0204. The van der Waals surface area contributed by atoms with Crippen LogP contribution in [0.4, 0.5) is 0 Å². The van der Waals surface area contributed by atoms with E-state index in [-0.39, 0.29) is 17.9 Å². The maximum Gasteiger partial charge on any atom is 0.264 e. The first kappa shape index (κ1) is 14.7. The van der Waals surface area contributed by atoms with Gasteiger partial charge in [-0.25, -0.2) is 0 Å². The van der Waals surface area contributed by atoms with E-state index in [4.69, 9.17) is 8.92 Å². The van der Waals surface area contributed by atoms with Crippen LogP contribution in [0.3, 0.4) is 0 Å². The summed E-state index contributed by atoms with van der Waals surface area (Å²) in [5.41, 5.74) is -0.629. The summed E-state index contributed by atoms with van der Waals surface area (Å²) < 4.78 is 33.0. The van der Waals surface area contributed by atoms with Crippen molar-refractivity contribution in [2.45, 2.75) is 45.6 Å². The van der Waals surface area contributed by atoms with Gasteiger partial charge in [0.1, 0.15) is 5.72 Å². The Morgan fingerprint density at radius 2 is 2.05 bits per heavy atom. The average Bonchev–Trinajstić information content (AvgIpc) is 2.18. The van der Waals surface area contributed by atoms with E-state index in [1.54, 1.807) is 11.8 Å². The van der Waals surface area contributed by atoms with Gasteiger partial charge in [-0.15, -0.1) is 0 Å². The molecule has 6 nitrogen and oxygen atoms in total. The van der Waals surface area contributed by atoms with Crippen molar-refractivity contribution in [3.63, 3.8) is 0 Å². The molecular weight excluding hydrogens is 270 g/mol. The predicted octanol–water partition coefficient (Wildman–Crippen LogP) is 0.581. The van der Waals surface area contributed by atoms with Gasteiger partial charge in [-0.2, -0.15) is 8.42 Å². The second-order valence-corrected chi connectivity index (χ2v) is 7.57. The molecular formula is C12H21NO5S. The number of amides is 1. The van der Waals surface area contributed by atoms with Crippen molar-refractivity contribution < 1.29 is 22.1 Å². The number of nitrogens with zero attached hydrogens (tertiary/aromatic N) is 1. The van der Waals surface area contributed by atoms with E-state index in [0.717, 1.165) is 6.26 Å². The normalized spacial score (nSPS) is 35.5. The van der Waals surface area contributed by atoms with Crippen LogP contribution < -0.4 is 0 Å². The molecule has 1 amide bonds. The van der Waals surface area contributed by atoms with Crippen LogP contribution in [0.5, 0.6) is 0 Å². The Morgan fingerprint density at radius 1 is 1.47 bits per heavy atom. The molecule has 0 aliphatic carbocycles. The van der Waals surface area contributed by atoms with Crippen LogP contribution >= 0.6 is 0 Å². The minimum atomic E-state index is -3.55. The summed E-state index contributed by atoms with van der Waals surface area (Å²) in [7, 11) is -3.55. The number of fused-ring (bicyclic) bond motifs is 1. The smallest absolute Gasteiger partial charge is 0.264 e. The number of carbonyl (C=O) groups excluding carboxylic acids is 1. The average molecular weight is 291 g/mol. The highest BCUT2D eigenvalue weighted by Gasteiger charge is 2.60. The fourth-order valence-corrected chi connectivity index (χ4v) is 3.75. The van der Waals surface area contributed by atoms with Crippen LogP contribution in [0.1, 0.15) is 27.7 Å². The number of hydrogen-bond donors (Lipinski definition) is 0. The van der Waals surface area contributed by atoms with E-state index < -0.39 is 27.9 Å². The fourth-order valence-electron chi connectivity index (χ4n) is 3.08. The minimum absolute atomic E-state index is 0.0204. The zero-order chi connectivity index (χ0) is 14.6. The molecule has 0 N–H and O–H groups in total. The molecule has 4 atom stereocenters. The SMILES string of the molecule is CC1COC(C)(C)N2C(=O)[C@@H](C(C)OS(C)(=O)=O)C12. The lowest BCUT2D eigenvalue weighted by Crippen LogP contribution is -2.75. The first-order chi connectivity index (χ1) is 8.54. The Labute approximate surface area is 114 Å². The van der Waals surface area contributed by atoms with Gasteiger partial charge in [-0.05, 0) is 20.8 Å². The van der Waals surface area contributed by atoms with Gasteiger partial charge in [0.2, 0.25) is 5.91 Å². The van der Waals surface area contributed by atoms with Crippen molar-refractivity contribution in [2.75, 3.05) is 12.9 Å². The molecule has 0 bridgehead atoms. The van der Waals surface area contributed by atoms with E-state index in [2.05, 4.69) is 0 Å². The van der Waals surface area contributed by atoms with E-state index in [0.29, 0.717) is 6.61 Å². The van der Waals surface area contributed by atoms with Gasteiger partial charge in [-0.1, -0.05) is 6.92 Å². The molecule has 2 aliphatic rings. The number of ether oxygens (including phenoxy) is 1. The molecule has 0 radical (unpaired) electrons. The quantitative estimate of drug-likeness (QED) is 0.562. The van der Waals surface area contributed by atoms with E-state index >= 15 is 0 Å². The lowest BCUT2D eigenvalue weighted by molar-refractivity contribution is -0.253. The van der Waals surface area contributed by atoms with Crippen molar-refractivity contribution in [3.05, 3.63) is 0 Å². The molecule has 7 heteroatoms. The molecule has 3 unspecified atom stereocenters. The van der Waals surface area contributed by atoms with Crippen LogP contribution in [0.15, 0.2) is 0 Å². The van der Waals surface area contributed by atoms with Gasteiger partial charge in [0.25, 0.3) is 10.1 Å². The third kappa shape index (κ3) is 2.51. The second kappa shape index (κ2) is 4.43. The van der Waals surface area contributed by atoms with Crippen molar-refractivity contribution in [1.29, 1.82) is 0 Å². The largest absolute Gasteiger partial charge is 0.356 e. The van der Waals surface area contributed by atoms with Crippen molar-refractivity contribution in [3.8, 4) is 0 Å². The molecule has 0 saturated carbocycles. The monoisotopic (exact) mass is 291 g/mol. The highest BCUT2D eigenvalue weighted by Crippen LogP contribution is 2.44.